The highest BCUT2D eigenvalue weighted by Gasteiger charge is 2.35. The maximum Gasteiger partial charge on any atom is 0.177 e. The van der Waals surface area contributed by atoms with Gasteiger partial charge in [0.25, 0.3) is 0 Å². The van der Waals surface area contributed by atoms with E-state index in [0.29, 0.717) is 18.7 Å². The van der Waals surface area contributed by atoms with Crippen LogP contribution in [0.15, 0.2) is 34.3 Å². The average molecular weight is 768 g/mol. The number of aliphatic hydroxyl groups is 2. The molecule has 8 nitrogen and oxygen atoms in total. The fraction of sp³-hybridized carbons (Fsp3) is 0.605. The van der Waals surface area contributed by atoms with Crippen molar-refractivity contribution in [1.82, 2.24) is 0 Å². The number of ether oxygens (including phenoxy) is 2. The van der Waals surface area contributed by atoms with Crippen LogP contribution in [0.25, 0.3) is 0 Å². The number of aryl methyl sites for hydroxylation is 3. The molecule has 3 aliphatic carbocycles. The zero-order chi connectivity index (χ0) is 37.3. The van der Waals surface area contributed by atoms with Crippen LogP contribution < -0.4 is 5.73 Å². The van der Waals surface area contributed by atoms with Crippen molar-refractivity contribution < 1.29 is 24.5 Å². The van der Waals surface area contributed by atoms with E-state index in [-0.39, 0.29) is 6.00 Å². The highest BCUT2D eigenvalue weighted by Crippen LogP contribution is 2.38. The van der Waals surface area contributed by atoms with Gasteiger partial charge in [-0.1, -0.05) is 19.6 Å². The number of thiophene rings is 3. The molecule has 4 N–H and O–H groups in total. The van der Waals surface area contributed by atoms with Crippen molar-refractivity contribution in [2.24, 2.45) is 5.73 Å². The molecule has 2 aliphatic heterocycles. The van der Waals surface area contributed by atoms with Crippen molar-refractivity contribution in [1.29, 1.82) is 10.5 Å². The first kappa shape index (κ1) is 43.2. The molecule has 3 aromatic rings. The minimum absolute atomic E-state index is 0.0463. The second-order valence-corrected chi connectivity index (χ2v) is 21.9. The molecule has 3 unspecified atom stereocenters. The molecule has 0 bridgehead atoms. The summed E-state index contributed by atoms with van der Waals surface area (Å²) >= 11 is 5.07. The predicted octanol–water partition coefficient (Wildman–Crippen LogP) is 7.77. The van der Waals surface area contributed by atoms with Gasteiger partial charge in [0, 0.05) is 70.2 Å². The Hall–Kier alpha value is -2.17. The fourth-order valence-corrected chi connectivity index (χ4v) is 8.88. The number of fused-ring (bicyclic) bond motifs is 3. The third-order valence-corrected chi connectivity index (χ3v) is 12.5. The van der Waals surface area contributed by atoms with Crippen LogP contribution in [0, 0.1) is 22.3 Å². The zero-order valence-corrected chi connectivity index (χ0v) is 33.9. The van der Waals surface area contributed by atoms with E-state index < -0.39 is 19.3 Å². The molecule has 2 fully saturated rings. The van der Waals surface area contributed by atoms with E-state index in [4.69, 9.17) is 33.6 Å². The minimum atomic E-state index is -1.33. The Morgan fingerprint density at radius 3 is 1.90 bits per heavy atom. The fourth-order valence-electron chi connectivity index (χ4n) is 5.93. The van der Waals surface area contributed by atoms with Gasteiger partial charge in [0.1, 0.15) is 19.5 Å². The normalized spacial score (nSPS) is 24.2. The lowest BCUT2D eigenvalue weighted by Gasteiger charge is -2.31. The molecule has 2 radical (unpaired) electrons. The van der Waals surface area contributed by atoms with Gasteiger partial charge in [-0.15, -0.1) is 34.0 Å². The molecule has 2 saturated heterocycles. The first-order valence-electron chi connectivity index (χ1n) is 18.0. The van der Waals surface area contributed by atoms with Crippen molar-refractivity contribution in [3.63, 3.8) is 0 Å². The van der Waals surface area contributed by atoms with Crippen LogP contribution in [0.1, 0.15) is 100 Å². The number of nitrogens with two attached hydrogens (primary N) is 1. The first-order chi connectivity index (χ1) is 24.4. The van der Waals surface area contributed by atoms with Gasteiger partial charge in [-0.3, -0.25) is 4.79 Å². The summed E-state index contributed by atoms with van der Waals surface area (Å²) < 4.78 is 9.88. The van der Waals surface area contributed by atoms with Crippen molar-refractivity contribution in [3.05, 3.63) is 65.7 Å². The van der Waals surface area contributed by atoms with E-state index in [1.54, 1.807) is 34.0 Å². The number of nitriles is 2. The van der Waals surface area contributed by atoms with E-state index in [9.17, 15) is 15.0 Å². The zero-order valence-electron chi connectivity index (χ0n) is 30.5. The van der Waals surface area contributed by atoms with Gasteiger partial charge in [0.05, 0.1) is 0 Å². The third-order valence-electron chi connectivity index (χ3n) is 8.88. The van der Waals surface area contributed by atoms with Gasteiger partial charge in [-0.2, -0.15) is 5.26 Å². The van der Waals surface area contributed by atoms with Gasteiger partial charge < -0.3 is 25.4 Å². The largest absolute Gasteiger partial charge is 0.388 e. The molecule has 0 saturated carbocycles. The number of rotatable bonds is 1. The van der Waals surface area contributed by atoms with Crippen molar-refractivity contribution in [2.45, 2.75) is 120 Å². The molecule has 276 valence electrons. The second kappa shape index (κ2) is 21.5. The maximum absolute atomic E-state index is 11.2. The summed E-state index contributed by atoms with van der Waals surface area (Å²) in [7, 11) is 3.99. The van der Waals surface area contributed by atoms with E-state index in [1.807, 2.05) is 60.0 Å². The molecule has 0 aromatic carbocycles. The smallest absolute Gasteiger partial charge is 0.177 e. The molecule has 51 heavy (non-hydrogen) atoms. The lowest BCUT2D eigenvalue weighted by molar-refractivity contribution is 0.0288. The molecule has 0 amide bonds. The van der Waals surface area contributed by atoms with E-state index in [0.717, 1.165) is 101 Å². The number of nitrogens with zero attached hydrogens (tertiary/aromatic N) is 2. The molecule has 0 spiro atoms. The summed E-state index contributed by atoms with van der Waals surface area (Å²) in [5.41, 5.74) is 8.77. The highest BCUT2D eigenvalue weighted by molar-refractivity contribution is 7.10. The van der Waals surface area contributed by atoms with Crippen LogP contribution >= 0.6 is 34.0 Å². The number of carbonyl (C=O) groups is 1. The molecular weight excluding hydrogens is 714 g/mol. The molecule has 3 atom stereocenters. The summed E-state index contributed by atoms with van der Waals surface area (Å²) in [6.07, 6.45) is 13.1. The standard InChI is InChI=1S/C9H13NOS.C9H9NOS.C8H8OS.C4H7BO.C4H9NSi.C4H8O/c2*10-6-9(11)4-1-2-8-7(9)3-5-12-8;9-7-2-1-3-8-6(7)4-5-10-8;5-4-2-1-3-6-4;1-6(2,3)4-5;1-2-4-5-3-1/h3,5,11H,1-2,4,6,10H2;3,5,11H,1-2,4H2;4-5H,1-3H2;4H,1-3H2;1-3H3;1-4H2. The van der Waals surface area contributed by atoms with Gasteiger partial charge in [0.15, 0.2) is 19.5 Å². The molecular formula is C38H54BN3O5S3Si. The van der Waals surface area contributed by atoms with Gasteiger partial charge in [-0.05, 0) is 117 Å². The first-order valence-corrected chi connectivity index (χ1v) is 24.1. The Kier molecular flexibility index (Phi) is 18.2. The quantitative estimate of drug-likeness (QED) is 0.168. The van der Waals surface area contributed by atoms with E-state index in [2.05, 4.69) is 5.69 Å². The van der Waals surface area contributed by atoms with Crippen molar-refractivity contribution in [3.8, 4) is 11.8 Å². The van der Waals surface area contributed by atoms with Crippen LogP contribution in [0.5, 0.6) is 0 Å². The molecule has 8 rings (SSSR count). The summed E-state index contributed by atoms with van der Waals surface area (Å²) in [4.78, 5) is 14.9. The monoisotopic (exact) mass is 767 g/mol. The highest BCUT2D eigenvalue weighted by atomic mass is 32.1. The number of ketones is 1. The predicted molar refractivity (Wildman–Crippen MR) is 212 cm³/mol. The summed E-state index contributed by atoms with van der Waals surface area (Å²) in [6, 6.07) is 7.85. The number of hydrogen-bond donors (Lipinski definition) is 3. The Bertz CT molecular complexity index is 1560. The number of hydrogen-bond acceptors (Lipinski definition) is 11. The van der Waals surface area contributed by atoms with Gasteiger partial charge in [0.2, 0.25) is 0 Å². The van der Waals surface area contributed by atoms with Gasteiger partial charge in [-0.25, -0.2) is 5.26 Å². The maximum atomic E-state index is 11.2. The Morgan fingerprint density at radius 2 is 1.41 bits per heavy atom. The lowest BCUT2D eigenvalue weighted by atomic mass is 9.83. The molecule has 5 aliphatic rings. The third kappa shape index (κ3) is 14.0. The summed E-state index contributed by atoms with van der Waals surface area (Å²) in [5.74, 6) is 0.336. The Morgan fingerprint density at radius 1 is 0.843 bits per heavy atom. The Balaban J connectivity index is 0.000000171. The van der Waals surface area contributed by atoms with Crippen LogP contribution in [-0.2, 0) is 39.9 Å². The number of Topliss-reactive ketones (excluding diaryl/α,β-unsaturated/α-hetero) is 1. The summed E-state index contributed by atoms with van der Waals surface area (Å²) in [5, 5.41) is 43.0. The van der Waals surface area contributed by atoms with Crippen LogP contribution in [0.4, 0.5) is 0 Å². The summed E-state index contributed by atoms with van der Waals surface area (Å²) in [6.45, 7) is 9.27. The van der Waals surface area contributed by atoms with Crippen molar-refractivity contribution >= 4 is 55.7 Å². The van der Waals surface area contributed by atoms with Crippen LogP contribution in [-0.4, -0.2) is 64.3 Å². The lowest BCUT2D eigenvalue weighted by Crippen LogP contribution is -2.37. The van der Waals surface area contributed by atoms with Gasteiger partial charge >= 0.3 is 0 Å². The molecule has 3 aromatic heterocycles. The SMILES string of the molecule is C1CCOC1.C[Si](C)(C)C#N.N#CC1(O)CCCc2sccc21.NCC1(O)CCCc2sccc21.O=C1CCCc2sccc21.[B]C1CCCO1. The second-order valence-electron chi connectivity index (χ2n) is 14.2. The number of carbonyl (C=O) groups excluding carboxylic acids is 1. The van der Waals surface area contributed by atoms with E-state index in [1.165, 1.54) is 27.5 Å². The van der Waals surface area contributed by atoms with Crippen molar-refractivity contribution in [2.75, 3.05) is 26.4 Å². The van der Waals surface area contributed by atoms with E-state index >= 15 is 0 Å². The minimum Gasteiger partial charge on any atom is -0.388 e. The molecule has 13 heteroatoms. The Labute approximate surface area is 319 Å². The topological polar surface area (TPSA) is 150 Å². The molecule has 5 heterocycles. The average Bonchev–Trinajstić information content (AvgIpc) is 3.97. The van der Waals surface area contributed by atoms with Crippen LogP contribution in [0.2, 0.25) is 19.6 Å². The van der Waals surface area contributed by atoms with Crippen LogP contribution in [0.3, 0.4) is 0 Å².